The van der Waals surface area contributed by atoms with Crippen molar-refractivity contribution in [1.29, 1.82) is 5.26 Å². The molecule has 6 nitrogen and oxygen atoms in total. The molecular weight excluding hydrogens is 310 g/mol. The van der Waals surface area contributed by atoms with E-state index in [2.05, 4.69) is 6.07 Å². The molecule has 1 aliphatic rings. The molecule has 24 heavy (non-hydrogen) atoms. The summed E-state index contributed by atoms with van der Waals surface area (Å²) < 4.78 is 16.0. The van der Waals surface area contributed by atoms with Crippen LogP contribution in [0.25, 0.3) is 11.6 Å². The third kappa shape index (κ3) is 2.88. The maximum atomic E-state index is 10.9. The van der Waals surface area contributed by atoms with Gasteiger partial charge in [0.25, 0.3) is 0 Å². The van der Waals surface area contributed by atoms with Crippen LogP contribution in [0.2, 0.25) is 0 Å². The predicted octanol–water partition coefficient (Wildman–Crippen LogP) is 3.19. The minimum Gasteiger partial charge on any atom is -0.493 e. The van der Waals surface area contributed by atoms with E-state index < -0.39 is 5.97 Å². The van der Waals surface area contributed by atoms with Gasteiger partial charge in [-0.2, -0.15) is 5.26 Å². The Balaban J connectivity index is 1.99. The molecule has 0 unspecified atom stereocenters. The second-order valence-corrected chi connectivity index (χ2v) is 5.01. The summed E-state index contributed by atoms with van der Waals surface area (Å²) in [7, 11) is 1.53. The van der Waals surface area contributed by atoms with Crippen molar-refractivity contribution in [3.8, 4) is 23.3 Å². The third-order valence-electron chi connectivity index (χ3n) is 3.56. The first-order valence-corrected chi connectivity index (χ1v) is 7.05. The quantitative estimate of drug-likeness (QED) is 0.686. The van der Waals surface area contributed by atoms with Gasteiger partial charge in [0.2, 0.25) is 12.5 Å². The zero-order valence-electron chi connectivity index (χ0n) is 12.8. The number of hydrogen-bond acceptors (Lipinski definition) is 5. The molecule has 120 valence electrons. The van der Waals surface area contributed by atoms with Gasteiger partial charge in [-0.25, -0.2) is 4.79 Å². The zero-order valence-corrected chi connectivity index (χ0v) is 12.8. The second-order valence-electron chi connectivity index (χ2n) is 5.01. The van der Waals surface area contributed by atoms with Crippen LogP contribution in [0.3, 0.4) is 0 Å². The van der Waals surface area contributed by atoms with Gasteiger partial charge in [-0.15, -0.1) is 0 Å². The van der Waals surface area contributed by atoms with E-state index in [4.69, 9.17) is 19.3 Å². The van der Waals surface area contributed by atoms with Crippen LogP contribution in [-0.2, 0) is 0 Å². The maximum absolute atomic E-state index is 10.9. The van der Waals surface area contributed by atoms with Gasteiger partial charge < -0.3 is 19.3 Å². The van der Waals surface area contributed by atoms with Crippen LogP contribution in [0.4, 0.5) is 0 Å². The zero-order chi connectivity index (χ0) is 17.1. The molecule has 0 bridgehead atoms. The first kappa shape index (κ1) is 15.4. The number of aromatic carboxylic acids is 1. The molecule has 1 N–H and O–H groups in total. The van der Waals surface area contributed by atoms with E-state index in [9.17, 15) is 10.1 Å². The molecule has 0 aromatic heterocycles. The Morgan fingerprint density at radius 2 is 1.96 bits per heavy atom. The Labute approximate surface area is 138 Å². The van der Waals surface area contributed by atoms with E-state index >= 15 is 0 Å². The molecular formula is C18H13NO5. The summed E-state index contributed by atoms with van der Waals surface area (Å²) in [4.78, 5) is 10.9. The van der Waals surface area contributed by atoms with Crippen LogP contribution >= 0.6 is 0 Å². The molecule has 1 aliphatic heterocycles. The lowest BCUT2D eigenvalue weighted by atomic mass is 10.0. The minimum absolute atomic E-state index is 0.126. The number of allylic oxidation sites excluding steroid dienone is 1. The van der Waals surface area contributed by atoms with Gasteiger partial charge in [-0.1, -0.05) is 12.1 Å². The van der Waals surface area contributed by atoms with Gasteiger partial charge >= 0.3 is 5.97 Å². The number of fused-ring (bicyclic) bond motifs is 1. The van der Waals surface area contributed by atoms with Gasteiger partial charge in [0.05, 0.1) is 24.3 Å². The highest BCUT2D eigenvalue weighted by molar-refractivity contribution is 5.92. The molecule has 0 saturated heterocycles. The van der Waals surface area contributed by atoms with Crippen LogP contribution in [0, 0.1) is 11.3 Å². The summed E-state index contributed by atoms with van der Waals surface area (Å²) in [6.45, 7) is 0.126. The van der Waals surface area contributed by atoms with Crippen molar-refractivity contribution < 1.29 is 24.1 Å². The lowest BCUT2D eigenvalue weighted by Gasteiger charge is -2.06. The van der Waals surface area contributed by atoms with Gasteiger partial charge in [-0.3, -0.25) is 0 Å². The van der Waals surface area contributed by atoms with Crippen LogP contribution < -0.4 is 14.2 Å². The SMILES string of the molecule is COc1cc(/C=C(/C#N)c2ccc(C(=O)O)cc2)cc2c1OCO2. The number of carboxylic acids is 1. The van der Waals surface area contributed by atoms with E-state index in [1.54, 1.807) is 30.3 Å². The first-order chi connectivity index (χ1) is 11.6. The fourth-order valence-electron chi connectivity index (χ4n) is 2.37. The van der Waals surface area contributed by atoms with Crippen LogP contribution in [0.1, 0.15) is 21.5 Å². The standard InChI is InChI=1S/C18H13NO5/c1-22-15-7-11(8-16-17(15)24-10-23-16)6-14(9-19)12-2-4-13(5-3-12)18(20)21/h2-8H,10H2,1H3,(H,20,21)/b14-6-. The third-order valence-corrected chi connectivity index (χ3v) is 3.56. The molecule has 0 radical (unpaired) electrons. The van der Waals surface area contributed by atoms with Crippen molar-refractivity contribution in [1.82, 2.24) is 0 Å². The number of methoxy groups -OCH3 is 1. The Kier molecular flexibility index (Phi) is 4.08. The van der Waals surface area contributed by atoms with Crippen molar-refractivity contribution in [2.24, 2.45) is 0 Å². The van der Waals surface area contributed by atoms with Crippen molar-refractivity contribution in [2.45, 2.75) is 0 Å². The van der Waals surface area contributed by atoms with Crippen LogP contribution in [0.15, 0.2) is 36.4 Å². The molecule has 0 fully saturated rings. The number of carbonyl (C=O) groups is 1. The maximum Gasteiger partial charge on any atom is 0.335 e. The number of nitrogens with zero attached hydrogens (tertiary/aromatic N) is 1. The van der Waals surface area contributed by atoms with Crippen molar-refractivity contribution in [2.75, 3.05) is 13.9 Å². The number of carboxylic acid groups (broad SMARTS) is 1. The molecule has 1 heterocycles. The van der Waals surface area contributed by atoms with Crippen LogP contribution in [0.5, 0.6) is 17.2 Å². The fourth-order valence-corrected chi connectivity index (χ4v) is 2.37. The summed E-state index contributed by atoms with van der Waals surface area (Å²) in [6, 6.07) is 11.7. The summed E-state index contributed by atoms with van der Waals surface area (Å²) in [5.41, 5.74) is 1.91. The predicted molar refractivity (Wildman–Crippen MR) is 86.0 cm³/mol. The lowest BCUT2D eigenvalue weighted by molar-refractivity contribution is 0.0697. The van der Waals surface area contributed by atoms with E-state index in [0.717, 1.165) is 5.56 Å². The first-order valence-electron chi connectivity index (χ1n) is 7.05. The van der Waals surface area contributed by atoms with Crippen molar-refractivity contribution in [3.05, 3.63) is 53.1 Å². The Morgan fingerprint density at radius 3 is 2.58 bits per heavy atom. The smallest absolute Gasteiger partial charge is 0.335 e. The second kappa shape index (κ2) is 6.34. The highest BCUT2D eigenvalue weighted by Gasteiger charge is 2.19. The number of ether oxygens (including phenoxy) is 3. The van der Waals surface area contributed by atoms with Crippen molar-refractivity contribution in [3.63, 3.8) is 0 Å². The molecule has 2 aromatic carbocycles. The monoisotopic (exact) mass is 323 g/mol. The average molecular weight is 323 g/mol. The molecule has 0 atom stereocenters. The normalized spacial score (nSPS) is 12.6. The lowest BCUT2D eigenvalue weighted by Crippen LogP contribution is -1.95. The van der Waals surface area contributed by atoms with E-state index in [1.165, 1.54) is 19.2 Å². The summed E-state index contributed by atoms with van der Waals surface area (Å²) in [6.07, 6.45) is 1.68. The Morgan fingerprint density at radius 1 is 1.25 bits per heavy atom. The van der Waals surface area contributed by atoms with Gasteiger partial charge in [-0.05, 0) is 41.5 Å². The number of rotatable bonds is 4. The van der Waals surface area contributed by atoms with Gasteiger partial charge in [0.15, 0.2) is 11.5 Å². The largest absolute Gasteiger partial charge is 0.493 e. The van der Waals surface area contributed by atoms with E-state index in [1.807, 2.05) is 0 Å². The van der Waals surface area contributed by atoms with E-state index in [0.29, 0.717) is 28.4 Å². The Bertz CT molecular complexity index is 862. The Hall–Kier alpha value is -3.46. The number of benzene rings is 2. The molecule has 0 saturated carbocycles. The average Bonchev–Trinajstić information content (AvgIpc) is 3.07. The number of hydrogen-bond donors (Lipinski definition) is 1. The van der Waals surface area contributed by atoms with Gasteiger partial charge in [0, 0.05) is 0 Å². The molecule has 3 rings (SSSR count). The van der Waals surface area contributed by atoms with Gasteiger partial charge in [0.1, 0.15) is 0 Å². The highest BCUT2D eigenvalue weighted by atomic mass is 16.7. The number of nitriles is 1. The molecule has 0 spiro atoms. The van der Waals surface area contributed by atoms with E-state index in [-0.39, 0.29) is 12.4 Å². The summed E-state index contributed by atoms with van der Waals surface area (Å²) >= 11 is 0. The molecule has 0 amide bonds. The van der Waals surface area contributed by atoms with Crippen molar-refractivity contribution >= 4 is 17.6 Å². The topological polar surface area (TPSA) is 88.8 Å². The van der Waals surface area contributed by atoms with Crippen LogP contribution in [-0.4, -0.2) is 25.0 Å². The molecule has 6 heteroatoms. The molecule has 0 aliphatic carbocycles. The fraction of sp³-hybridized carbons (Fsp3) is 0.111. The summed E-state index contributed by atoms with van der Waals surface area (Å²) in [5, 5.41) is 18.4. The molecule has 2 aromatic rings. The highest BCUT2D eigenvalue weighted by Crippen LogP contribution is 2.42. The minimum atomic E-state index is -1.01. The summed E-state index contributed by atoms with van der Waals surface area (Å²) in [5.74, 6) is 0.609.